The van der Waals surface area contributed by atoms with Crippen molar-refractivity contribution in [2.75, 3.05) is 0 Å². The maximum absolute atomic E-state index is 2.60. The van der Waals surface area contributed by atoms with Crippen molar-refractivity contribution < 1.29 is 0 Å². The highest BCUT2D eigenvalue weighted by atomic mass is 127. The van der Waals surface area contributed by atoms with Crippen LogP contribution in [0.25, 0.3) is 0 Å². The third-order valence-electron chi connectivity index (χ3n) is 3.05. The van der Waals surface area contributed by atoms with E-state index in [-0.39, 0.29) is 0 Å². The molecule has 0 saturated heterocycles. The molecular weight excluding hydrogens is 271 g/mol. The Morgan fingerprint density at radius 3 is 2.38 bits per heavy atom. The summed E-state index contributed by atoms with van der Waals surface area (Å²) in [6.45, 7) is 2.38. The summed E-state index contributed by atoms with van der Waals surface area (Å²) in [5.74, 6) is 1.71. The fourth-order valence-corrected chi connectivity index (χ4v) is 3.10. The van der Waals surface area contributed by atoms with Gasteiger partial charge in [0.1, 0.15) is 0 Å². The van der Waals surface area contributed by atoms with E-state index >= 15 is 0 Å². The van der Waals surface area contributed by atoms with Crippen molar-refractivity contribution in [1.29, 1.82) is 0 Å². The van der Waals surface area contributed by atoms with Gasteiger partial charge in [0.15, 0.2) is 0 Å². The summed E-state index contributed by atoms with van der Waals surface area (Å²) in [5.41, 5.74) is 1.54. The predicted molar refractivity (Wildman–Crippen MR) is 65.4 cm³/mol. The second-order valence-electron chi connectivity index (χ2n) is 4.07. The molecule has 1 aliphatic rings. The van der Waals surface area contributed by atoms with Gasteiger partial charge in [-0.25, -0.2) is 0 Å². The lowest BCUT2D eigenvalue weighted by Crippen LogP contribution is -1.98. The van der Waals surface area contributed by atoms with Crippen molar-refractivity contribution in [3.63, 3.8) is 0 Å². The lowest BCUT2D eigenvalue weighted by molar-refractivity contribution is 0.612. The summed E-state index contributed by atoms with van der Waals surface area (Å²) >= 11 is 2.60. The predicted octanol–water partition coefficient (Wildman–Crippen LogP) is 4.00. The smallest absolute Gasteiger partial charge is 0.0141 e. The molecular formula is C12H15I. The van der Waals surface area contributed by atoms with E-state index in [1.807, 2.05) is 0 Å². The van der Waals surface area contributed by atoms with Gasteiger partial charge in [0, 0.05) is 3.92 Å². The fourth-order valence-electron chi connectivity index (χ4n) is 2.19. The molecule has 0 bridgehead atoms. The second-order valence-corrected chi connectivity index (χ2v) is 5.67. The number of benzene rings is 1. The van der Waals surface area contributed by atoms with Gasteiger partial charge >= 0.3 is 0 Å². The van der Waals surface area contributed by atoms with E-state index in [4.69, 9.17) is 0 Å². The topological polar surface area (TPSA) is 0 Å². The SMILES string of the molecule is C[C@@H]1CC(c2ccccc2)C[C@H]1I. The van der Waals surface area contributed by atoms with Gasteiger partial charge in [-0.1, -0.05) is 59.8 Å². The molecule has 1 fully saturated rings. The molecule has 0 aromatic heterocycles. The zero-order chi connectivity index (χ0) is 9.26. The van der Waals surface area contributed by atoms with Crippen LogP contribution in [0.2, 0.25) is 0 Å². The molecule has 1 unspecified atom stereocenters. The molecule has 1 saturated carbocycles. The lowest BCUT2D eigenvalue weighted by atomic mass is 9.97. The molecule has 1 aliphatic carbocycles. The van der Waals surface area contributed by atoms with Crippen molar-refractivity contribution in [2.45, 2.75) is 29.6 Å². The third kappa shape index (κ3) is 2.06. The van der Waals surface area contributed by atoms with Crippen molar-refractivity contribution in [2.24, 2.45) is 5.92 Å². The fraction of sp³-hybridized carbons (Fsp3) is 0.500. The highest BCUT2D eigenvalue weighted by Gasteiger charge is 2.29. The lowest BCUT2D eigenvalue weighted by Gasteiger charge is -2.08. The van der Waals surface area contributed by atoms with Crippen molar-refractivity contribution in [1.82, 2.24) is 0 Å². The van der Waals surface area contributed by atoms with Gasteiger partial charge in [0.2, 0.25) is 0 Å². The molecule has 1 heteroatoms. The number of alkyl halides is 1. The number of hydrogen-bond donors (Lipinski definition) is 0. The first-order chi connectivity index (χ1) is 6.27. The molecule has 0 spiro atoms. The molecule has 0 N–H and O–H groups in total. The zero-order valence-corrected chi connectivity index (χ0v) is 10.1. The Kier molecular flexibility index (Phi) is 2.92. The molecule has 13 heavy (non-hydrogen) atoms. The van der Waals surface area contributed by atoms with Crippen molar-refractivity contribution >= 4 is 22.6 Å². The van der Waals surface area contributed by atoms with Gasteiger partial charge in [-0.2, -0.15) is 0 Å². The molecule has 1 aromatic rings. The highest BCUT2D eigenvalue weighted by molar-refractivity contribution is 14.1. The summed E-state index contributed by atoms with van der Waals surface area (Å²) in [6.07, 6.45) is 2.74. The first-order valence-electron chi connectivity index (χ1n) is 4.96. The monoisotopic (exact) mass is 286 g/mol. The van der Waals surface area contributed by atoms with Gasteiger partial charge in [0.25, 0.3) is 0 Å². The Morgan fingerprint density at radius 2 is 1.85 bits per heavy atom. The van der Waals surface area contributed by atoms with Crippen LogP contribution in [0.5, 0.6) is 0 Å². The average molecular weight is 286 g/mol. The summed E-state index contributed by atoms with van der Waals surface area (Å²) in [7, 11) is 0. The Labute approximate surface area is 93.9 Å². The van der Waals surface area contributed by atoms with E-state index < -0.39 is 0 Å². The normalized spacial score (nSPS) is 33.5. The molecule has 2 rings (SSSR count). The number of rotatable bonds is 1. The Morgan fingerprint density at radius 1 is 1.15 bits per heavy atom. The third-order valence-corrected chi connectivity index (χ3v) is 4.79. The van der Waals surface area contributed by atoms with Crippen LogP contribution in [0.4, 0.5) is 0 Å². The van der Waals surface area contributed by atoms with E-state index in [0.717, 1.165) is 15.8 Å². The van der Waals surface area contributed by atoms with Gasteiger partial charge in [-0.3, -0.25) is 0 Å². The van der Waals surface area contributed by atoms with Crippen LogP contribution < -0.4 is 0 Å². The largest absolute Gasteiger partial charge is 0.0823 e. The first-order valence-corrected chi connectivity index (χ1v) is 6.21. The summed E-state index contributed by atoms with van der Waals surface area (Å²) in [5, 5.41) is 0. The zero-order valence-electron chi connectivity index (χ0n) is 7.91. The molecule has 1 aromatic carbocycles. The van der Waals surface area contributed by atoms with Crippen LogP contribution in [0.15, 0.2) is 30.3 Å². The molecule has 0 amide bonds. The van der Waals surface area contributed by atoms with Gasteiger partial charge in [-0.05, 0) is 30.2 Å². The number of halogens is 1. The van der Waals surface area contributed by atoms with E-state index in [9.17, 15) is 0 Å². The molecule has 0 aliphatic heterocycles. The van der Waals surface area contributed by atoms with Crippen molar-refractivity contribution in [3.8, 4) is 0 Å². The van der Waals surface area contributed by atoms with Gasteiger partial charge < -0.3 is 0 Å². The molecule has 3 atom stereocenters. The molecule has 0 radical (unpaired) electrons. The first kappa shape index (κ1) is 9.50. The van der Waals surface area contributed by atoms with Crippen LogP contribution in [-0.2, 0) is 0 Å². The van der Waals surface area contributed by atoms with Crippen LogP contribution in [0, 0.1) is 5.92 Å². The quantitative estimate of drug-likeness (QED) is 0.540. The van der Waals surface area contributed by atoms with E-state index in [0.29, 0.717) is 0 Å². The summed E-state index contributed by atoms with van der Waals surface area (Å²) in [4.78, 5) is 0. The Balaban J connectivity index is 2.12. The van der Waals surface area contributed by atoms with Gasteiger partial charge in [0.05, 0.1) is 0 Å². The second kappa shape index (κ2) is 3.99. The molecule has 0 heterocycles. The summed E-state index contributed by atoms with van der Waals surface area (Å²) < 4.78 is 0.878. The van der Waals surface area contributed by atoms with Gasteiger partial charge in [-0.15, -0.1) is 0 Å². The maximum Gasteiger partial charge on any atom is 0.0141 e. The standard InChI is InChI=1S/C12H15I/c1-9-7-11(8-12(9)13)10-5-3-2-4-6-10/h2-6,9,11-12H,7-8H2,1H3/t9-,11?,12-/m1/s1. The van der Waals surface area contributed by atoms with E-state index in [2.05, 4.69) is 59.8 Å². The van der Waals surface area contributed by atoms with Crippen LogP contribution in [0.1, 0.15) is 31.2 Å². The minimum absolute atomic E-state index is 0.818. The Bertz CT molecular complexity index is 258. The Hall–Kier alpha value is -0.0500. The molecule has 70 valence electrons. The van der Waals surface area contributed by atoms with E-state index in [1.54, 1.807) is 0 Å². The maximum atomic E-state index is 2.60. The van der Waals surface area contributed by atoms with Crippen molar-refractivity contribution in [3.05, 3.63) is 35.9 Å². The minimum atomic E-state index is 0.818. The summed E-state index contributed by atoms with van der Waals surface area (Å²) in [6, 6.07) is 10.9. The highest BCUT2D eigenvalue weighted by Crippen LogP contribution is 2.41. The average Bonchev–Trinajstić information content (AvgIpc) is 2.49. The number of hydrogen-bond acceptors (Lipinski definition) is 0. The van der Waals surface area contributed by atoms with Crippen LogP contribution in [0.3, 0.4) is 0 Å². The molecule has 0 nitrogen and oxygen atoms in total. The minimum Gasteiger partial charge on any atom is -0.0823 e. The van der Waals surface area contributed by atoms with Crippen LogP contribution in [-0.4, -0.2) is 3.92 Å². The van der Waals surface area contributed by atoms with Crippen LogP contribution >= 0.6 is 22.6 Å². The van der Waals surface area contributed by atoms with E-state index in [1.165, 1.54) is 18.4 Å².